The molecule has 0 saturated heterocycles. The highest BCUT2D eigenvalue weighted by molar-refractivity contribution is 5.83. The molecule has 106 valence electrons. The molecule has 1 aliphatic rings. The van der Waals surface area contributed by atoms with Gasteiger partial charge in [0.25, 0.3) is 0 Å². The van der Waals surface area contributed by atoms with Gasteiger partial charge in [-0.25, -0.2) is 0 Å². The maximum Gasteiger partial charge on any atom is 0.138 e. The van der Waals surface area contributed by atoms with Crippen LogP contribution in [-0.2, 0) is 11.2 Å². The third kappa shape index (κ3) is 3.92. The normalized spacial score (nSPS) is 17.0. The number of rotatable bonds is 5. The minimum Gasteiger partial charge on any atom is -0.299 e. The first-order chi connectivity index (χ1) is 8.97. The maximum absolute atomic E-state index is 11.8. The molecule has 0 radical (unpaired) electrons. The third-order valence-corrected chi connectivity index (χ3v) is 4.04. The van der Waals surface area contributed by atoms with E-state index in [-0.39, 0.29) is 5.41 Å². The van der Waals surface area contributed by atoms with Crippen LogP contribution in [0.5, 0.6) is 0 Å². The SMILES string of the molecule is CC(C)(C)C(=O)CCCc1ccn(C2CCCC2)n1. The summed E-state index contributed by atoms with van der Waals surface area (Å²) < 4.78 is 2.13. The molecule has 1 saturated carbocycles. The predicted molar refractivity (Wildman–Crippen MR) is 77.1 cm³/mol. The average molecular weight is 262 g/mol. The molecule has 1 heterocycles. The molecule has 1 aromatic rings. The lowest BCUT2D eigenvalue weighted by Gasteiger charge is -2.15. The zero-order valence-electron chi connectivity index (χ0n) is 12.5. The molecule has 0 unspecified atom stereocenters. The number of hydrogen-bond acceptors (Lipinski definition) is 2. The minimum absolute atomic E-state index is 0.205. The summed E-state index contributed by atoms with van der Waals surface area (Å²) in [7, 11) is 0. The second-order valence-corrected chi connectivity index (χ2v) is 6.75. The highest BCUT2D eigenvalue weighted by Gasteiger charge is 2.20. The van der Waals surface area contributed by atoms with E-state index < -0.39 is 0 Å². The molecule has 1 fully saturated rings. The van der Waals surface area contributed by atoms with Gasteiger partial charge in [-0.3, -0.25) is 9.48 Å². The fourth-order valence-corrected chi connectivity index (χ4v) is 2.69. The lowest BCUT2D eigenvalue weighted by atomic mass is 9.88. The van der Waals surface area contributed by atoms with E-state index in [9.17, 15) is 4.79 Å². The Morgan fingerprint density at radius 3 is 2.68 bits per heavy atom. The van der Waals surface area contributed by atoms with E-state index >= 15 is 0 Å². The summed E-state index contributed by atoms with van der Waals surface area (Å²) in [5, 5.41) is 4.66. The predicted octanol–water partition coefficient (Wildman–Crippen LogP) is 3.94. The van der Waals surface area contributed by atoms with E-state index in [2.05, 4.69) is 22.0 Å². The van der Waals surface area contributed by atoms with E-state index in [1.165, 1.54) is 25.7 Å². The van der Waals surface area contributed by atoms with Crippen molar-refractivity contribution in [2.75, 3.05) is 0 Å². The molecule has 2 rings (SSSR count). The van der Waals surface area contributed by atoms with Crippen molar-refractivity contribution in [3.05, 3.63) is 18.0 Å². The van der Waals surface area contributed by atoms with Crippen molar-refractivity contribution in [2.24, 2.45) is 5.41 Å². The summed E-state index contributed by atoms with van der Waals surface area (Å²) in [6.07, 6.45) is 9.81. The quantitative estimate of drug-likeness (QED) is 0.805. The minimum atomic E-state index is -0.205. The van der Waals surface area contributed by atoms with Gasteiger partial charge in [-0.2, -0.15) is 5.10 Å². The van der Waals surface area contributed by atoms with Crippen LogP contribution in [0.4, 0.5) is 0 Å². The van der Waals surface area contributed by atoms with Gasteiger partial charge in [-0.05, 0) is 31.7 Å². The van der Waals surface area contributed by atoms with E-state index in [4.69, 9.17) is 0 Å². The number of Topliss-reactive ketones (excluding diaryl/α,β-unsaturated/α-hetero) is 1. The van der Waals surface area contributed by atoms with Crippen LogP contribution in [0, 0.1) is 5.41 Å². The zero-order valence-corrected chi connectivity index (χ0v) is 12.5. The second-order valence-electron chi connectivity index (χ2n) is 6.75. The topological polar surface area (TPSA) is 34.9 Å². The van der Waals surface area contributed by atoms with E-state index in [1.54, 1.807) is 0 Å². The van der Waals surface area contributed by atoms with Gasteiger partial charge < -0.3 is 0 Å². The fourth-order valence-electron chi connectivity index (χ4n) is 2.69. The van der Waals surface area contributed by atoms with E-state index in [0.29, 0.717) is 18.2 Å². The number of carbonyl (C=O) groups excluding carboxylic acids is 1. The Hall–Kier alpha value is -1.12. The Morgan fingerprint density at radius 2 is 2.05 bits per heavy atom. The molecule has 0 spiro atoms. The number of ketones is 1. The third-order valence-electron chi connectivity index (χ3n) is 4.04. The van der Waals surface area contributed by atoms with Crippen LogP contribution < -0.4 is 0 Å². The van der Waals surface area contributed by atoms with Crippen molar-refractivity contribution in [1.29, 1.82) is 0 Å². The van der Waals surface area contributed by atoms with Gasteiger partial charge in [-0.1, -0.05) is 33.6 Å². The maximum atomic E-state index is 11.8. The summed E-state index contributed by atoms with van der Waals surface area (Å²) in [5.74, 6) is 0.350. The molecule has 3 nitrogen and oxygen atoms in total. The molecular weight excluding hydrogens is 236 g/mol. The standard InChI is InChI=1S/C16H26N2O/c1-16(2,3)15(19)10-6-7-13-11-12-18(17-13)14-8-4-5-9-14/h11-12,14H,4-10H2,1-3H3. The Balaban J connectivity index is 1.79. The molecule has 1 aromatic heterocycles. The van der Waals surface area contributed by atoms with Crippen LogP contribution in [-0.4, -0.2) is 15.6 Å². The molecule has 0 aromatic carbocycles. The lowest BCUT2D eigenvalue weighted by Crippen LogP contribution is -2.19. The van der Waals surface area contributed by atoms with E-state index in [1.807, 2.05) is 20.8 Å². The van der Waals surface area contributed by atoms with Crippen molar-refractivity contribution in [3.63, 3.8) is 0 Å². The van der Waals surface area contributed by atoms with Gasteiger partial charge in [0, 0.05) is 18.0 Å². The Bertz CT molecular complexity index is 422. The molecule has 0 amide bonds. The number of hydrogen-bond donors (Lipinski definition) is 0. The van der Waals surface area contributed by atoms with Crippen LogP contribution in [0.25, 0.3) is 0 Å². The highest BCUT2D eigenvalue weighted by atomic mass is 16.1. The number of nitrogens with zero attached hydrogens (tertiary/aromatic N) is 2. The molecule has 0 bridgehead atoms. The van der Waals surface area contributed by atoms with Crippen LogP contribution >= 0.6 is 0 Å². The van der Waals surface area contributed by atoms with Gasteiger partial charge in [-0.15, -0.1) is 0 Å². The lowest BCUT2D eigenvalue weighted by molar-refractivity contribution is -0.126. The zero-order chi connectivity index (χ0) is 13.9. The Kier molecular flexibility index (Phi) is 4.43. The number of aryl methyl sites for hydroxylation is 1. The fraction of sp³-hybridized carbons (Fsp3) is 0.750. The van der Waals surface area contributed by atoms with Crippen LogP contribution in [0.15, 0.2) is 12.3 Å². The summed E-state index contributed by atoms with van der Waals surface area (Å²) in [4.78, 5) is 11.8. The summed E-state index contributed by atoms with van der Waals surface area (Å²) in [6.45, 7) is 5.97. The number of aromatic nitrogens is 2. The van der Waals surface area contributed by atoms with Crippen molar-refractivity contribution in [1.82, 2.24) is 9.78 Å². The summed E-state index contributed by atoms with van der Waals surface area (Å²) in [6, 6.07) is 2.73. The Morgan fingerprint density at radius 1 is 1.37 bits per heavy atom. The first-order valence-electron chi connectivity index (χ1n) is 7.54. The van der Waals surface area contributed by atoms with Gasteiger partial charge >= 0.3 is 0 Å². The molecule has 0 aliphatic heterocycles. The Labute approximate surface area is 116 Å². The smallest absolute Gasteiger partial charge is 0.138 e. The first-order valence-corrected chi connectivity index (χ1v) is 7.54. The molecule has 0 atom stereocenters. The highest BCUT2D eigenvalue weighted by Crippen LogP contribution is 2.28. The van der Waals surface area contributed by atoms with E-state index in [0.717, 1.165) is 18.5 Å². The van der Waals surface area contributed by atoms with Crippen LogP contribution in [0.2, 0.25) is 0 Å². The van der Waals surface area contributed by atoms with Gasteiger partial charge in [0.1, 0.15) is 5.78 Å². The van der Waals surface area contributed by atoms with Gasteiger partial charge in [0.05, 0.1) is 11.7 Å². The van der Waals surface area contributed by atoms with Crippen LogP contribution in [0.3, 0.4) is 0 Å². The van der Waals surface area contributed by atoms with Crippen LogP contribution in [0.1, 0.15) is 71.0 Å². The molecule has 19 heavy (non-hydrogen) atoms. The summed E-state index contributed by atoms with van der Waals surface area (Å²) >= 11 is 0. The van der Waals surface area contributed by atoms with Crippen molar-refractivity contribution in [3.8, 4) is 0 Å². The second kappa shape index (κ2) is 5.89. The van der Waals surface area contributed by atoms with Gasteiger partial charge in [0.2, 0.25) is 0 Å². The number of carbonyl (C=O) groups is 1. The monoisotopic (exact) mass is 262 g/mol. The molecule has 1 aliphatic carbocycles. The van der Waals surface area contributed by atoms with Crippen molar-refractivity contribution >= 4 is 5.78 Å². The molecule has 0 N–H and O–H groups in total. The molecule has 3 heteroatoms. The van der Waals surface area contributed by atoms with Crippen molar-refractivity contribution in [2.45, 2.75) is 71.8 Å². The van der Waals surface area contributed by atoms with Crippen molar-refractivity contribution < 1.29 is 4.79 Å². The molecular formula is C16H26N2O. The largest absolute Gasteiger partial charge is 0.299 e. The first kappa shape index (κ1) is 14.3. The van der Waals surface area contributed by atoms with Gasteiger partial charge in [0.15, 0.2) is 0 Å². The average Bonchev–Trinajstić information content (AvgIpc) is 2.97. The summed E-state index contributed by atoms with van der Waals surface area (Å²) in [5.41, 5.74) is 0.928.